The number of benzene rings is 1. The number of aryl methyl sites for hydroxylation is 1. The first kappa shape index (κ1) is 14.8. The van der Waals surface area contributed by atoms with Gasteiger partial charge in [-0.25, -0.2) is 0 Å². The fourth-order valence-electron chi connectivity index (χ4n) is 2.15. The van der Waals surface area contributed by atoms with Gasteiger partial charge in [0.05, 0.1) is 5.69 Å². The third-order valence-corrected chi connectivity index (χ3v) is 3.54. The molecule has 0 aliphatic heterocycles. The van der Waals surface area contributed by atoms with Gasteiger partial charge in [0.25, 0.3) is 0 Å². The van der Waals surface area contributed by atoms with E-state index in [0.29, 0.717) is 6.04 Å². The molecule has 20 heavy (non-hydrogen) atoms. The zero-order valence-electron chi connectivity index (χ0n) is 13.0. The summed E-state index contributed by atoms with van der Waals surface area (Å²) in [5.74, 6) is 0.851. The van der Waals surface area contributed by atoms with Gasteiger partial charge in [-0.2, -0.15) is 0 Å². The maximum absolute atomic E-state index is 5.07. The summed E-state index contributed by atoms with van der Waals surface area (Å²) in [6.07, 6.45) is 0. The summed E-state index contributed by atoms with van der Waals surface area (Å²) in [5.41, 5.74) is 3.80. The molecule has 0 bridgehead atoms. The molecule has 0 fully saturated rings. The zero-order valence-corrected chi connectivity index (χ0v) is 13.0. The van der Waals surface area contributed by atoms with Crippen molar-refractivity contribution in [1.82, 2.24) is 10.5 Å². The van der Waals surface area contributed by atoms with E-state index in [1.54, 1.807) is 0 Å². The third kappa shape index (κ3) is 3.70. The topological polar surface area (TPSA) is 38.1 Å². The van der Waals surface area contributed by atoms with Crippen molar-refractivity contribution in [2.24, 2.45) is 0 Å². The van der Waals surface area contributed by atoms with Crippen LogP contribution >= 0.6 is 0 Å². The highest BCUT2D eigenvalue weighted by atomic mass is 16.5. The second-order valence-corrected chi connectivity index (χ2v) is 6.40. The largest absolute Gasteiger partial charge is 0.361 e. The highest BCUT2D eigenvalue weighted by Crippen LogP contribution is 2.24. The predicted molar refractivity (Wildman–Crippen MR) is 81.6 cm³/mol. The van der Waals surface area contributed by atoms with Crippen molar-refractivity contribution in [2.75, 3.05) is 0 Å². The molecule has 0 amide bonds. The fourth-order valence-corrected chi connectivity index (χ4v) is 2.15. The van der Waals surface area contributed by atoms with Crippen molar-refractivity contribution in [3.05, 3.63) is 52.9 Å². The minimum Gasteiger partial charge on any atom is -0.361 e. The minimum atomic E-state index is 0.202. The quantitative estimate of drug-likeness (QED) is 0.909. The van der Waals surface area contributed by atoms with Crippen LogP contribution in [0.1, 0.15) is 56.3 Å². The molecular formula is C17H24N2O. The monoisotopic (exact) mass is 272 g/mol. The van der Waals surface area contributed by atoms with Crippen LogP contribution in [0.2, 0.25) is 0 Å². The third-order valence-electron chi connectivity index (χ3n) is 3.54. The van der Waals surface area contributed by atoms with Crippen LogP contribution < -0.4 is 5.32 Å². The van der Waals surface area contributed by atoms with E-state index in [4.69, 9.17) is 4.52 Å². The van der Waals surface area contributed by atoms with Gasteiger partial charge >= 0.3 is 0 Å². The average Bonchev–Trinajstić information content (AvgIpc) is 2.81. The summed E-state index contributed by atoms with van der Waals surface area (Å²) in [5, 5.41) is 7.45. The van der Waals surface area contributed by atoms with E-state index in [1.165, 1.54) is 11.1 Å². The first-order valence-electron chi connectivity index (χ1n) is 7.12. The molecule has 3 heteroatoms. The van der Waals surface area contributed by atoms with E-state index in [1.807, 2.05) is 13.0 Å². The van der Waals surface area contributed by atoms with Gasteiger partial charge in [-0.05, 0) is 30.4 Å². The molecule has 1 heterocycles. The van der Waals surface area contributed by atoms with Crippen molar-refractivity contribution >= 4 is 0 Å². The van der Waals surface area contributed by atoms with Gasteiger partial charge in [0, 0.05) is 18.7 Å². The van der Waals surface area contributed by atoms with Gasteiger partial charge in [-0.3, -0.25) is 0 Å². The van der Waals surface area contributed by atoms with Crippen LogP contribution in [0.4, 0.5) is 0 Å². The summed E-state index contributed by atoms with van der Waals surface area (Å²) >= 11 is 0. The molecule has 108 valence electrons. The molecule has 2 rings (SSSR count). The van der Waals surface area contributed by atoms with E-state index in [2.05, 4.69) is 62.4 Å². The number of hydrogen-bond donors (Lipinski definition) is 1. The van der Waals surface area contributed by atoms with E-state index in [-0.39, 0.29) is 5.41 Å². The van der Waals surface area contributed by atoms with Crippen molar-refractivity contribution in [3.8, 4) is 0 Å². The maximum atomic E-state index is 5.07. The highest BCUT2D eigenvalue weighted by Gasteiger charge is 2.14. The molecule has 3 nitrogen and oxygen atoms in total. The highest BCUT2D eigenvalue weighted by molar-refractivity contribution is 5.29. The number of aromatic nitrogens is 1. The Morgan fingerprint density at radius 1 is 1.20 bits per heavy atom. The van der Waals surface area contributed by atoms with E-state index >= 15 is 0 Å². The van der Waals surface area contributed by atoms with Crippen LogP contribution in [0.3, 0.4) is 0 Å². The summed E-state index contributed by atoms with van der Waals surface area (Å²) in [7, 11) is 0. The van der Waals surface area contributed by atoms with Crippen LogP contribution in [0.5, 0.6) is 0 Å². The second-order valence-electron chi connectivity index (χ2n) is 6.40. The number of rotatable bonds is 4. The second kappa shape index (κ2) is 5.80. The number of hydrogen-bond acceptors (Lipinski definition) is 3. The van der Waals surface area contributed by atoms with Crippen LogP contribution in [0.15, 0.2) is 34.9 Å². The van der Waals surface area contributed by atoms with E-state index in [9.17, 15) is 0 Å². The van der Waals surface area contributed by atoms with Gasteiger partial charge < -0.3 is 9.84 Å². The molecule has 0 radical (unpaired) electrons. The Hall–Kier alpha value is -1.61. The molecule has 0 aliphatic carbocycles. The molecule has 0 saturated carbocycles. The van der Waals surface area contributed by atoms with Crippen LogP contribution in [0, 0.1) is 6.92 Å². The molecule has 1 atom stereocenters. The lowest BCUT2D eigenvalue weighted by atomic mass is 9.86. The predicted octanol–water partition coefficient (Wildman–Crippen LogP) is 4.13. The molecule has 0 aliphatic rings. The lowest BCUT2D eigenvalue weighted by Crippen LogP contribution is -2.18. The van der Waals surface area contributed by atoms with Crippen molar-refractivity contribution in [3.63, 3.8) is 0 Å². The minimum absolute atomic E-state index is 0.202. The molecular weight excluding hydrogens is 248 g/mol. The van der Waals surface area contributed by atoms with Crippen molar-refractivity contribution in [1.29, 1.82) is 0 Å². The maximum Gasteiger partial charge on any atom is 0.133 e. The fraction of sp³-hybridized carbons (Fsp3) is 0.471. The molecule has 1 aromatic heterocycles. The van der Waals surface area contributed by atoms with Gasteiger partial charge in [0.2, 0.25) is 0 Å². The summed E-state index contributed by atoms with van der Waals surface area (Å²) in [6, 6.07) is 11.1. The average molecular weight is 272 g/mol. The van der Waals surface area contributed by atoms with Gasteiger partial charge in [-0.15, -0.1) is 0 Å². The lowest BCUT2D eigenvalue weighted by molar-refractivity contribution is 0.386. The van der Waals surface area contributed by atoms with E-state index < -0.39 is 0 Å². The molecule has 0 spiro atoms. The molecule has 1 aromatic carbocycles. The van der Waals surface area contributed by atoms with Gasteiger partial charge in [-0.1, -0.05) is 50.2 Å². The Balaban J connectivity index is 1.97. The molecule has 0 saturated heterocycles. The van der Waals surface area contributed by atoms with Gasteiger partial charge in [0.1, 0.15) is 5.76 Å². The van der Waals surface area contributed by atoms with Crippen LogP contribution in [0.25, 0.3) is 0 Å². The Morgan fingerprint density at radius 2 is 1.85 bits per heavy atom. The summed E-state index contributed by atoms with van der Waals surface area (Å²) in [6.45, 7) is 11.5. The Bertz CT molecular complexity index is 549. The van der Waals surface area contributed by atoms with Gasteiger partial charge in [0.15, 0.2) is 0 Å². The Labute approximate surface area is 121 Å². The zero-order chi connectivity index (χ0) is 14.8. The lowest BCUT2D eigenvalue weighted by Gasteiger charge is -2.20. The summed E-state index contributed by atoms with van der Waals surface area (Å²) < 4.78 is 5.07. The first-order valence-corrected chi connectivity index (χ1v) is 7.12. The SMILES string of the molecule is Cc1cc(CNC(C)c2ccc(C(C)(C)C)cc2)no1. The van der Waals surface area contributed by atoms with Crippen LogP contribution in [-0.2, 0) is 12.0 Å². The van der Waals surface area contributed by atoms with E-state index in [0.717, 1.165) is 18.0 Å². The number of nitrogens with zero attached hydrogens (tertiary/aromatic N) is 1. The number of nitrogens with one attached hydrogen (secondary N) is 1. The molecule has 2 aromatic rings. The smallest absolute Gasteiger partial charge is 0.133 e. The molecule has 1 unspecified atom stereocenters. The van der Waals surface area contributed by atoms with Crippen LogP contribution in [-0.4, -0.2) is 5.16 Å². The van der Waals surface area contributed by atoms with Crippen molar-refractivity contribution < 1.29 is 4.52 Å². The first-order chi connectivity index (χ1) is 9.36. The standard InChI is InChI=1S/C17H24N2O/c1-12-10-16(19-20-12)11-18-13(2)14-6-8-15(9-7-14)17(3,4)5/h6-10,13,18H,11H2,1-5H3. The molecule has 1 N–H and O–H groups in total. The summed E-state index contributed by atoms with van der Waals surface area (Å²) in [4.78, 5) is 0. The Kier molecular flexibility index (Phi) is 4.29. The normalized spacial score (nSPS) is 13.4. The van der Waals surface area contributed by atoms with Crippen molar-refractivity contribution in [2.45, 2.75) is 52.6 Å². The Morgan fingerprint density at radius 3 is 2.35 bits per heavy atom.